The zero-order valence-corrected chi connectivity index (χ0v) is 9.59. The summed E-state index contributed by atoms with van der Waals surface area (Å²) in [6.07, 6.45) is 2.36. The third-order valence-electron chi connectivity index (χ3n) is 2.81. The van der Waals surface area contributed by atoms with Crippen molar-refractivity contribution < 1.29 is 4.74 Å². The molecule has 1 heterocycles. The molecule has 0 unspecified atom stereocenters. The molecule has 0 radical (unpaired) electrons. The van der Waals surface area contributed by atoms with Crippen molar-refractivity contribution in [3.8, 4) is 0 Å². The van der Waals surface area contributed by atoms with Crippen molar-refractivity contribution >= 4 is 0 Å². The summed E-state index contributed by atoms with van der Waals surface area (Å²) in [5, 5.41) is 0. The lowest BCUT2D eigenvalue weighted by Crippen LogP contribution is -2.42. The van der Waals surface area contributed by atoms with E-state index < -0.39 is 0 Å². The summed E-state index contributed by atoms with van der Waals surface area (Å²) in [6.45, 7) is 10.6. The molecule has 1 rings (SSSR count). The van der Waals surface area contributed by atoms with Gasteiger partial charge in [0.25, 0.3) is 0 Å². The van der Waals surface area contributed by atoms with Crippen LogP contribution in [-0.4, -0.2) is 44.3 Å². The van der Waals surface area contributed by atoms with Crippen molar-refractivity contribution in [1.29, 1.82) is 0 Å². The van der Waals surface area contributed by atoms with Gasteiger partial charge in [0.2, 0.25) is 0 Å². The Morgan fingerprint density at radius 2 is 1.93 bits per heavy atom. The van der Waals surface area contributed by atoms with Crippen molar-refractivity contribution in [1.82, 2.24) is 4.90 Å². The highest BCUT2D eigenvalue weighted by Crippen LogP contribution is 2.23. The van der Waals surface area contributed by atoms with E-state index in [2.05, 4.69) is 18.7 Å². The Hall–Kier alpha value is -0.120. The highest BCUT2D eigenvalue weighted by atomic mass is 16.5. The van der Waals surface area contributed by atoms with Gasteiger partial charge in [-0.2, -0.15) is 0 Å². The number of morpholine rings is 1. The number of hydrogen-bond donors (Lipinski definition) is 1. The van der Waals surface area contributed by atoms with Crippen LogP contribution in [0.4, 0.5) is 0 Å². The first-order chi connectivity index (χ1) is 6.64. The normalized spacial score (nSPS) is 19.9. The van der Waals surface area contributed by atoms with Crippen LogP contribution >= 0.6 is 0 Å². The van der Waals surface area contributed by atoms with Gasteiger partial charge in [-0.05, 0) is 24.8 Å². The Kier molecular flexibility index (Phi) is 4.85. The van der Waals surface area contributed by atoms with Gasteiger partial charge in [-0.1, -0.05) is 13.8 Å². The lowest BCUT2D eigenvalue weighted by Gasteiger charge is -2.34. The Labute approximate surface area is 87.6 Å². The van der Waals surface area contributed by atoms with Crippen LogP contribution in [-0.2, 0) is 4.74 Å². The van der Waals surface area contributed by atoms with Gasteiger partial charge in [-0.15, -0.1) is 0 Å². The van der Waals surface area contributed by atoms with Crippen LogP contribution < -0.4 is 5.73 Å². The first-order valence-corrected chi connectivity index (χ1v) is 5.64. The molecular weight excluding hydrogens is 176 g/mol. The Bertz CT molecular complexity index is 153. The molecule has 0 spiro atoms. The van der Waals surface area contributed by atoms with E-state index in [1.54, 1.807) is 0 Å². The minimum atomic E-state index is 0.400. The molecule has 0 saturated carbocycles. The Morgan fingerprint density at radius 1 is 1.29 bits per heavy atom. The first kappa shape index (κ1) is 12.0. The van der Waals surface area contributed by atoms with Crippen molar-refractivity contribution in [3.05, 3.63) is 0 Å². The third kappa shape index (κ3) is 4.40. The fourth-order valence-electron chi connectivity index (χ4n) is 2.02. The number of ether oxygens (including phenoxy) is 1. The zero-order valence-electron chi connectivity index (χ0n) is 9.59. The maximum absolute atomic E-state index is 5.54. The zero-order chi connectivity index (χ0) is 10.4. The SMILES string of the molecule is CC(C)(CCCN)CN1CCOCC1. The van der Waals surface area contributed by atoms with Crippen LogP contribution in [0, 0.1) is 5.41 Å². The second-order valence-electron chi connectivity index (χ2n) is 4.94. The van der Waals surface area contributed by atoms with Gasteiger partial charge in [0, 0.05) is 19.6 Å². The van der Waals surface area contributed by atoms with E-state index >= 15 is 0 Å². The third-order valence-corrected chi connectivity index (χ3v) is 2.81. The number of hydrogen-bond acceptors (Lipinski definition) is 3. The largest absolute Gasteiger partial charge is 0.379 e. The fourth-order valence-corrected chi connectivity index (χ4v) is 2.02. The molecular formula is C11H24N2O. The Morgan fingerprint density at radius 3 is 2.50 bits per heavy atom. The van der Waals surface area contributed by atoms with Crippen LogP contribution in [0.2, 0.25) is 0 Å². The second-order valence-corrected chi connectivity index (χ2v) is 4.94. The average Bonchev–Trinajstić information content (AvgIpc) is 2.16. The standard InChI is InChI=1S/C11H24N2O/c1-11(2,4-3-5-12)10-13-6-8-14-9-7-13/h3-10,12H2,1-2H3. The van der Waals surface area contributed by atoms with Crippen molar-refractivity contribution in [2.75, 3.05) is 39.4 Å². The van der Waals surface area contributed by atoms with Crippen LogP contribution in [0.3, 0.4) is 0 Å². The van der Waals surface area contributed by atoms with Crippen molar-refractivity contribution in [2.45, 2.75) is 26.7 Å². The van der Waals surface area contributed by atoms with Gasteiger partial charge in [0.15, 0.2) is 0 Å². The molecule has 1 saturated heterocycles. The van der Waals surface area contributed by atoms with Gasteiger partial charge in [0.05, 0.1) is 13.2 Å². The van der Waals surface area contributed by atoms with E-state index in [0.29, 0.717) is 5.41 Å². The highest BCUT2D eigenvalue weighted by molar-refractivity contribution is 4.75. The van der Waals surface area contributed by atoms with Gasteiger partial charge < -0.3 is 10.5 Å². The first-order valence-electron chi connectivity index (χ1n) is 5.64. The molecule has 0 amide bonds. The summed E-state index contributed by atoms with van der Waals surface area (Å²) in [5.41, 5.74) is 5.93. The summed E-state index contributed by atoms with van der Waals surface area (Å²) >= 11 is 0. The van der Waals surface area contributed by atoms with E-state index in [1.807, 2.05) is 0 Å². The quantitative estimate of drug-likeness (QED) is 0.722. The van der Waals surface area contributed by atoms with E-state index in [-0.39, 0.29) is 0 Å². The van der Waals surface area contributed by atoms with Gasteiger partial charge in [-0.25, -0.2) is 0 Å². The van der Waals surface area contributed by atoms with E-state index in [0.717, 1.165) is 39.3 Å². The molecule has 0 atom stereocenters. The molecule has 84 valence electrons. The Balaban J connectivity index is 2.25. The number of nitrogens with zero attached hydrogens (tertiary/aromatic N) is 1. The predicted octanol–water partition coefficient (Wildman–Crippen LogP) is 1.08. The minimum absolute atomic E-state index is 0.400. The molecule has 3 heteroatoms. The molecule has 2 N–H and O–H groups in total. The maximum Gasteiger partial charge on any atom is 0.0594 e. The average molecular weight is 200 g/mol. The lowest BCUT2D eigenvalue weighted by atomic mass is 9.87. The van der Waals surface area contributed by atoms with Crippen LogP contribution in [0.1, 0.15) is 26.7 Å². The van der Waals surface area contributed by atoms with Crippen LogP contribution in [0.5, 0.6) is 0 Å². The summed E-state index contributed by atoms with van der Waals surface area (Å²) in [7, 11) is 0. The predicted molar refractivity (Wildman–Crippen MR) is 59.3 cm³/mol. The second kappa shape index (κ2) is 5.69. The molecule has 1 aliphatic heterocycles. The molecule has 1 fully saturated rings. The smallest absolute Gasteiger partial charge is 0.0594 e. The van der Waals surface area contributed by atoms with E-state index in [1.165, 1.54) is 13.0 Å². The number of rotatable bonds is 5. The summed E-state index contributed by atoms with van der Waals surface area (Å²) in [5.74, 6) is 0. The summed E-state index contributed by atoms with van der Waals surface area (Å²) in [4.78, 5) is 2.50. The number of nitrogens with two attached hydrogens (primary N) is 1. The van der Waals surface area contributed by atoms with E-state index in [9.17, 15) is 0 Å². The van der Waals surface area contributed by atoms with Gasteiger partial charge in [-0.3, -0.25) is 4.90 Å². The lowest BCUT2D eigenvalue weighted by molar-refractivity contribution is 0.0198. The molecule has 0 aromatic heterocycles. The maximum atomic E-state index is 5.54. The molecule has 3 nitrogen and oxygen atoms in total. The van der Waals surface area contributed by atoms with Crippen LogP contribution in [0.15, 0.2) is 0 Å². The molecule has 0 bridgehead atoms. The highest BCUT2D eigenvalue weighted by Gasteiger charge is 2.22. The molecule has 1 aliphatic rings. The molecule has 0 aliphatic carbocycles. The van der Waals surface area contributed by atoms with Crippen molar-refractivity contribution in [3.63, 3.8) is 0 Å². The van der Waals surface area contributed by atoms with Gasteiger partial charge >= 0.3 is 0 Å². The fraction of sp³-hybridized carbons (Fsp3) is 1.00. The van der Waals surface area contributed by atoms with Crippen LogP contribution in [0.25, 0.3) is 0 Å². The van der Waals surface area contributed by atoms with E-state index in [4.69, 9.17) is 10.5 Å². The minimum Gasteiger partial charge on any atom is -0.379 e. The molecule has 0 aromatic carbocycles. The topological polar surface area (TPSA) is 38.5 Å². The van der Waals surface area contributed by atoms with Gasteiger partial charge in [0.1, 0.15) is 0 Å². The summed E-state index contributed by atoms with van der Waals surface area (Å²) < 4.78 is 5.33. The molecule has 14 heavy (non-hydrogen) atoms. The summed E-state index contributed by atoms with van der Waals surface area (Å²) in [6, 6.07) is 0. The van der Waals surface area contributed by atoms with Crippen molar-refractivity contribution in [2.24, 2.45) is 11.1 Å². The molecule has 0 aromatic rings. The monoisotopic (exact) mass is 200 g/mol.